The molecule has 1 N–H and O–H groups in total. The summed E-state index contributed by atoms with van der Waals surface area (Å²) in [5, 5.41) is 12.3. The van der Waals surface area contributed by atoms with E-state index in [4.69, 9.17) is 4.98 Å². The summed E-state index contributed by atoms with van der Waals surface area (Å²) >= 11 is 0. The maximum atomic E-state index is 12.9. The molecule has 0 aliphatic carbocycles. The smallest absolute Gasteiger partial charge is 0.272 e. The number of nitrogens with zero attached hydrogens (tertiary/aromatic N) is 6. The van der Waals surface area contributed by atoms with Gasteiger partial charge in [-0.05, 0) is 17.7 Å². The molecule has 0 saturated heterocycles. The SMILES string of the molecule is O=C(c1ccc2cn[nH]c2n1)N1CCc2nc(Cc3ccccc3)nn2CC1. The van der Waals surface area contributed by atoms with E-state index in [9.17, 15) is 4.79 Å². The number of hydrogen-bond acceptors (Lipinski definition) is 5. The van der Waals surface area contributed by atoms with Crippen LogP contribution in [0.25, 0.3) is 11.0 Å². The predicted molar refractivity (Wildman–Crippen MR) is 103 cm³/mol. The lowest BCUT2D eigenvalue weighted by atomic mass is 10.1. The fourth-order valence-corrected chi connectivity index (χ4v) is 3.52. The van der Waals surface area contributed by atoms with Crippen molar-refractivity contribution in [1.29, 1.82) is 0 Å². The van der Waals surface area contributed by atoms with E-state index in [0.29, 0.717) is 37.4 Å². The molecule has 3 aromatic heterocycles. The van der Waals surface area contributed by atoms with Gasteiger partial charge >= 0.3 is 0 Å². The minimum atomic E-state index is -0.0771. The van der Waals surface area contributed by atoms with Gasteiger partial charge in [0.15, 0.2) is 11.5 Å². The van der Waals surface area contributed by atoms with Crippen LogP contribution in [-0.4, -0.2) is 53.8 Å². The van der Waals surface area contributed by atoms with Crippen molar-refractivity contribution < 1.29 is 4.79 Å². The van der Waals surface area contributed by atoms with E-state index in [1.165, 1.54) is 5.56 Å². The number of hydrogen-bond donors (Lipinski definition) is 1. The molecule has 4 aromatic rings. The number of rotatable bonds is 3. The van der Waals surface area contributed by atoms with Crippen molar-refractivity contribution in [3.05, 3.63) is 71.6 Å². The number of aromatic nitrogens is 6. The van der Waals surface area contributed by atoms with Crippen LogP contribution in [0.15, 0.2) is 48.7 Å². The van der Waals surface area contributed by atoms with Gasteiger partial charge in [-0.3, -0.25) is 9.89 Å². The molecular weight excluding hydrogens is 354 g/mol. The first-order valence-electron chi connectivity index (χ1n) is 9.32. The van der Waals surface area contributed by atoms with Crippen molar-refractivity contribution in [2.75, 3.05) is 13.1 Å². The molecule has 0 fully saturated rings. The lowest BCUT2D eigenvalue weighted by molar-refractivity contribution is 0.0752. The number of aromatic amines is 1. The van der Waals surface area contributed by atoms with Gasteiger partial charge in [-0.15, -0.1) is 0 Å². The zero-order valence-corrected chi connectivity index (χ0v) is 15.2. The summed E-state index contributed by atoms with van der Waals surface area (Å²) in [4.78, 5) is 23.8. The van der Waals surface area contributed by atoms with Gasteiger partial charge < -0.3 is 4.90 Å². The van der Waals surface area contributed by atoms with Crippen LogP contribution in [0, 0.1) is 0 Å². The van der Waals surface area contributed by atoms with Crippen LogP contribution in [0.3, 0.4) is 0 Å². The predicted octanol–water partition coefficient (Wildman–Crippen LogP) is 1.84. The lowest BCUT2D eigenvalue weighted by Crippen LogP contribution is -2.34. The summed E-state index contributed by atoms with van der Waals surface area (Å²) in [6, 6.07) is 13.8. The van der Waals surface area contributed by atoms with Crippen molar-refractivity contribution in [1.82, 2.24) is 34.8 Å². The maximum absolute atomic E-state index is 12.9. The molecule has 0 bridgehead atoms. The van der Waals surface area contributed by atoms with E-state index in [2.05, 4.69) is 32.4 Å². The highest BCUT2D eigenvalue weighted by Crippen LogP contribution is 2.14. The van der Waals surface area contributed by atoms with E-state index >= 15 is 0 Å². The van der Waals surface area contributed by atoms with Gasteiger partial charge in [-0.2, -0.15) is 10.2 Å². The largest absolute Gasteiger partial charge is 0.335 e. The summed E-state index contributed by atoms with van der Waals surface area (Å²) < 4.78 is 1.93. The van der Waals surface area contributed by atoms with Gasteiger partial charge in [0.1, 0.15) is 11.5 Å². The van der Waals surface area contributed by atoms with E-state index < -0.39 is 0 Å². The van der Waals surface area contributed by atoms with Gasteiger partial charge in [0.05, 0.1) is 12.7 Å². The summed E-state index contributed by atoms with van der Waals surface area (Å²) in [7, 11) is 0. The van der Waals surface area contributed by atoms with Crippen molar-refractivity contribution in [2.24, 2.45) is 0 Å². The summed E-state index contributed by atoms with van der Waals surface area (Å²) in [5.41, 5.74) is 2.25. The Kier molecular flexibility index (Phi) is 4.08. The molecule has 0 spiro atoms. The Morgan fingerprint density at radius 1 is 1.04 bits per heavy atom. The molecule has 5 rings (SSSR count). The van der Waals surface area contributed by atoms with E-state index in [0.717, 1.165) is 23.5 Å². The first-order chi connectivity index (χ1) is 13.8. The van der Waals surface area contributed by atoms with E-state index in [1.54, 1.807) is 12.3 Å². The summed E-state index contributed by atoms with van der Waals surface area (Å²) in [6.45, 7) is 1.82. The molecule has 4 heterocycles. The molecule has 0 saturated carbocycles. The zero-order valence-electron chi connectivity index (χ0n) is 15.2. The average Bonchev–Trinajstić information content (AvgIpc) is 3.30. The molecule has 8 nitrogen and oxygen atoms in total. The quantitative estimate of drug-likeness (QED) is 0.591. The second-order valence-electron chi connectivity index (χ2n) is 6.88. The van der Waals surface area contributed by atoms with Crippen LogP contribution in [0.2, 0.25) is 0 Å². The topological polar surface area (TPSA) is 92.6 Å². The number of pyridine rings is 1. The number of carbonyl (C=O) groups is 1. The highest BCUT2D eigenvalue weighted by Gasteiger charge is 2.23. The van der Waals surface area contributed by atoms with Crippen LogP contribution in [0.4, 0.5) is 0 Å². The number of fused-ring (bicyclic) bond motifs is 2. The lowest BCUT2D eigenvalue weighted by Gasteiger charge is -2.19. The third kappa shape index (κ3) is 3.13. The minimum Gasteiger partial charge on any atom is -0.335 e. The number of benzene rings is 1. The fraction of sp³-hybridized carbons (Fsp3) is 0.250. The summed E-state index contributed by atoms with van der Waals surface area (Å²) in [6.07, 6.45) is 3.09. The van der Waals surface area contributed by atoms with Gasteiger partial charge in [0, 0.05) is 31.3 Å². The Morgan fingerprint density at radius 2 is 1.93 bits per heavy atom. The minimum absolute atomic E-state index is 0.0771. The van der Waals surface area contributed by atoms with E-state index in [-0.39, 0.29) is 5.91 Å². The van der Waals surface area contributed by atoms with Crippen LogP contribution in [-0.2, 0) is 19.4 Å². The number of carbonyl (C=O) groups excluding carboxylic acids is 1. The molecule has 0 atom stereocenters. The Labute approximate surface area is 161 Å². The van der Waals surface area contributed by atoms with Gasteiger partial charge in [0.2, 0.25) is 0 Å². The van der Waals surface area contributed by atoms with Gasteiger partial charge in [-0.1, -0.05) is 30.3 Å². The van der Waals surface area contributed by atoms with Crippen molar-refractivity contribution in [2.45, 2.75) is 19.4 Å². The first-order valence-corrected chi connectivity index (χ1v) is 9.32. The fourth-order valence-electron chi connectivity index (χ4n) is 3.52. The van der Waals surface area contributed by atoms with Crippen LogP contribution < -0.4 is 0 Å². The Hall–Kier alpha value is -3.55. The van der Waals surface area contributed by atoms with Crippen LogP contribution in [0.5, 0.6) is 0 Å². The molecule has 0 unspecified atom stereocenters. The highest BCUT2D eigenvalue weighted by molar-refractivity contribution is 5.94. The molecule has 0 radical (unpaired) electrons. The molecule has 8 heteroatoms. The third-order valence-electron chi connectivity index (χ3n) is 4.99. The Bertz CT molecular complexity index is 1110. The standard InChI is InChI=1S/C20H19N7O/c28-20(16-7-6-15-13-21-24-19(15)22-16)26-9-8-18-23-17(25-27(18)11-10-26)12-14-4-2-1-3-5-14/h1-7,13H,8-12H2,(H,21,22,24). The van der Waals surface area contributed by atoms with Crippen molar-refractivity contribution >= 4 is 16.9 Å². The molecule has 1 aromatic carbocycles. The third-order valence-corrected chi connectivity index (χ3v) is 4.99. The van der Waals surface area contributed by atoms with Gasteiger partial charge in [-0.25, -0.2) is 14.6 Å². The number of H-pyrrole nitrogens is 1. The molecule has 1 aliphatic rings. The average molecular weight is 373 g/mol. The number of nitrogens with one attached hydrogen (secondary N) is 1. The highest BCUT2D eigenvalue weighted by atomic mass is 16.2. The van der Waals surface area contributed by atoms with Crippen molar-refractivity contribution in [3.63, 3.8) is 0 Å². The van der Waals surface area contributed by atoms with Crippen LogP contribution >= 0.6 is 0 Å². The first kappa shape index (κ1) is 16.6. The molecule has 1 amide bonds. The molecule has 140 valence electrons. The molecule has 28 heavy (non-hydrogen) atoms. The molecular formula is C20H19N7O. The summed E-state index contributed by atoms with van der Waals surface area (Å²) in [5.74, 6) is 1.68. The normalized spacial score (nSPS) is 14.1. The van der Waals surface area contributed by atoms with E-state index in [1.807, 2.05) is 33.8 Å². The Morgan fingerprint density at radius 3 is 2.82 bits per heavy atom. The Balaban J connectivity index is 1.30. The monoisotopic (exact) mass is 373 g/mol. The second kappa shape index (κ2) is 6.88. The number of amides is 1. The van der Waals surface area contributed by atoms with Crippen molar-refractivity contribution in [3.8, 4) is 0 Å². The second-order valence-corrected chi connectivity index (χ2v) is 6.88. The maximum Gasteiger partial charge on any atom is 0.272 e. The van der Waals surface area contributed by atoms with Gasteiger partial charge in [0.25, 0.3) is 5.91 Å². The molecule has 1 aliphatic heterocycles. The van der Waals surface area contributed by atoms with Crippen LogP contribution in [0.1, 0.15) is 27.7 Å². The zero-order chi connectivity index (χ0) is 18.9.